The molecule has 124 valence electrons. The molecule has 0 aliphatic carbocycles. The zero-order chi connectivity index (χ0) is 17.4. The summed E-state index contributed by atoms with van der Waals surface area (Å²) in [6.45, 7) is 1.25. The monoisotopic (exact) mass is 324 g/mol. The molecule has 0 bridgehead atoms. The third-order valence-electron chi connectivity index (χ3n) is 2.76. The summed E-state index contributed by atoms with van der Waals surface area (Å²) >= 11 is 0. The van der Waals surface area contributed by atoms with Gasteiger partial charge in [-0.3, -0.25) is 0 Å². The molecule has 1 aromatic carbocycles. The maximum absolute atomic E-state index is 13.1. The minimum atomic E-state index is -1.26. The Balaban J connectivity index is 0.000000284. The average molecular weight is 324 g/mol. The molecule has 2 rings (SSSR count). The average Bonchev–Trinajstić information content (AvgIpc) is 2.83. The Labute approximate surface area is 131 Å². The predicted octanol–water partition coefficient (Wildman–Crippen LogP) is 1.46. The van der Waals surface area contributed by atoms with E-state index in [1.165, 1.54) is 12.1 Å². The highest BCUT2D eigenvalue weighted by Gasteiger charge is 2.08. The molecule has 1 heterocycles. The Morgan fingerprint density at radius 1 is 1.30 bits per heavy atom. The Bertz CT molecular complexity index is 708. The second-order valence-electron chi connectivity index (χ2n) is 4.35. The van der Waals surface area contributed by atoms with Crippen molar-refractivity contribution in [1.29, 1.82) is 0 Å². The maximum atomic E-state index is 13.1. The highest BCUT2D eigenvalue weighted by molar-refractivity contribution is 5.89. The lowest BCUT2D eigenvalue weighted by atomic mass is 10.2. The first-order valence-electron chi connectivity index (χ1n) is 6.55. The topological polar surface area (TPSA) is 115 Å². The van der Waals surface area contributed by atoms with E-state index in [1.807, 2.05) is 10.8 Å². The summed E-state index contributed by atoms with van der Waals surface area (Å²) in [6.07, 6.45) is 2.96. The Morgan fingerprint density at radius 3 is 2.39 bits per heavy atom. The third kappa shape index (κ3) is 5.44. The Hall–Kier alpha value is -2.87. The largest absolute Gasteiger partial charge is 0.495 e. The summed E-state index contributed by atoms with van der Waals surface area (Å²) in [5.41, 5.74) is 6.44. The van der Waals surface area contributed by atoms with Crippen molar-refractivity contribution in [1.82, 2.24) is 4.57 Å². The number of nitrogens with zero attached hydrogens (tertiary/aromatic N) is 1. The smallest absolute Gasteiger partial charge is 0.328 e. The van der Waals surface area contributed by atoms with Crippen LogP contribution in [0, 0.1) is 5.82 Å². The molecule has 0 amide bonds. The van der Waals surface area contributed by atoms with E-state index >= 15 is 0 Å². The first-order valence-corrected chi connectivity index (χ1v) is 6.55. The van der Waals surface area contributed by atoms with E-state index in [-0.39, 0.29) is 5.82 Å². The fraction of sp³-hybridized carbons (Fsp3) is 0.200. The SMILES string of the molecule is COc1cn(CCN)c2ccc(F)cc12.O=C(O)C=CC(=O)O. The van der Waals surface area contributed by atoms with Gasteiger partial charge in [-0.15, -0.1) is 0 Å². The van der Waals surface area contributed by atoms with Crippen LogP contribution in [0.25, 0.3) is 10.9 Å². The van der Waals surface area contributed by atoms with Crippen molar-refractivity contribution in [3.05, 3.63) is 42.4 Å². The molecule has 0 saturated heterocycles. The Kier molecular flexibility index (Phi) is 6.75. The van der Waals surface area contributed by atoms with Gasteiger partial charge in [-0.05, 0) is 18.2 Å². The minimum Gasteiger partial charge on any atom is -0.495 e. The van der Waals surface area contributed by atoms with Crippen LogP contribution in [0.5, 0.6) is 5.75 Å². The van der Waals surface area contributed by atoms with Crippen LogP contribution in [0.1, 0.15) is 0 Å². The molecule has 0 saturated carbocycles. The minimum absolute atomic E-state index is 0.258. The molecule has 0 aliphatic heterocycles. The summed E-state index contributed by atoms with van der Waals surface area (Å²) < 4.78 is 20.2. The van der Waals surface area contributed by atoms with Crippen LogP contribution in [-0.2, 0) is 16.1 Å². The van der Waals surface area contributed by atoms with E-state index in [4.69, 9.17) is 20.7 Å². The number of aliphatic carboxylic acids is 2. The number of carbonyl (C=O) groups is 2. The highest BCUT2D eigenvalue weighted by atomic mass is 19.1. The van der Waals surface area contributed by atoms with Gasteiger partial charge in [-0.2, -0.15) is 0 Å². The van der Waals surface area contributed by atoms with Gasteiger partial charge in [-0.25, -0.2) is 14.0 Å². The van der Waals surface area contributed by atoms with E-state index in [0.29, 0.717) is 31.0 Å². The number of rotatable bonds is 5. The van der Waals surface area contributed by atoms with E-state index < -0.39 is 11.9 Å². The molecule has 7 nitrogen and oxygen atoms in total. The first kappa shape index (κ1) is 18.2. The molecular formula is C15H17FN2O5. The second-order valence-corrected chi connectivity index (χ2v) is 4.35. The van der Waals surface area contributed by atoms with Gasteiger partial charge < -0.3 is 25.3 Å². The molecule has 0 radical (unpaired) electrons. The second kappa shape index (κ2) is 8.54. The quantitative estimate of drug-likeness (QED) is 0.717. The van der Waals surface area contributed by atoms with Crippen molar-refractivity contribution in [2.24, 2.45) is 5.73 Å². The van der Waals surface area contributed by atoms with Crippen LogP contribution in [0.4, 0.5) is 4.39 Å². The van der Waals surface area contributed by atoms with Gasteiger partial charge in [-0.1, -0.05) is 0 Å². The molecule has 4 N–H and O–H groups in total. The zero-order valence-electron chi connectivity index (χ0n) is 12.4. The van der Waals surface area contributed by atoms with Gasteiger partial charge >= 0.3 is 11.9 Å². The van der Waals surface area contributed by atoms with Crippen molar-refractivity contribution in [2.75, 3.05) is 13.7 Å². The number of ether oxygens (including phenoxy) is 1. The van der Waals surface area contributed by atoms with Gasteiger partial charge in [0.25, 0.3) is 0 Å². The predicted molar refractivity (Wildman–Crippen MR) is 81.9 cm³/mol. The number of methoxy groups -OCH3 is 1. The van der Waals surface area contributed by atoms with Gasteiger partial charge in [0.05, 0.1) is 12.6 Å². The summed E-state index contributed by atoms with van der Waals surface area (Å²) in [4.78, 5) is 19.1. The lowest BCUT2D eigenvalue weighted by Crippen LogP contribution is -2.08. The summed E-state index contributed by atoms with van der Waals surface area (Å²) in [5, 5.41) is 16.4. The van der Waals surface area contributed by atoms with Gasteiger partial charge in [0.15, 0.2) is 0 Å². The number of nitrogens with two attached hydrogens (primary N) is 1. The standard InChI is InChI=1S/C11H13FN2O.C4H4O4/c1-15-11-7-14(5-4-13)10-3-2-8(12)6-9(10)11;5-3(6)1-2-4(7)8/h2-3,6-7H,4-5,13H2,1H3;1-2H,(H,5,6)(H,7,8). The number of carboxylic acids is 2. The van der Waals surface area contributed by atoms with Gasteiger partial charge in [0, 0.05) is 36.8 Å². The van der Waals surface area contributed by atoms with E-state index in [2.05, 4.69) is 0 Å². The van der Waals surface area contributed by atoms with E-state index in [1.54, 1.807) is 13.2 Å². The number of fused-ring (bicyclic) bond motifs is 1. The van der Waals surface area contributed by atoms with Crippen molar-refractivity contribution in [3.63, 3.8) is 0 Å². The molecular weight excluding hydrogens is 307 g/mol. The van der Waals surface area contributed by atoms with Crippen LogP contribution in [0.15, 0.2) is 36.5 Å². The molecule has 2 aromatic rings. The third-order valence-corrected chi connectivity index (χ3v) is 2.76. The number of hydrogen-bond donors (Lipinski definition) is 3. The normalized spacial score (nSPS) is 10.4. The van der Waals surface area contributed by atoms with Crippen LogP contribution < -0.4 is 10.5 Å². The number of carboxylic acid groups (broad SMARTS) is 2. The first-order chi connectivity index (χ1) is 10.9. The van der Waals surface area contributed by atoms with Crippen LogP contribution in [0.3, 0.4) is 0 Å². The van der Waals surface area contributed by atoms with Crippen LogP contribution in [-0.4, -0.2) is 40.4 Å². The molecule has 23 heavy (non-hydrogen) atoms. The lowest BCUT2D eigenvalue weighted by molar-refractivity contribution is -0.134. The molecule has 0 unspecified atom stereocenters. The van der Waals surface area contributed by atoms with Crippen LogP contribution in [0.2, 0.25) is 0 Å². The van der Waals surface area contributed by atoms with Crippen molar-refractivity contribution >= 4 is 22.8 Å². The van der Waals surface area contributed by atoms with E-state index in [0.717, 1.165) is 10.9 Å². The summed E-state index contributed by atoms with van der Waals surface area (Å²) in [7, 11) is 1.58. The number of hydrogen-bond acceptors (Lipinski definition) is 4. The molecule has 8 heteroatoms. The van der Waals surface area contributed by atoms with Crippen molar-refractivity contribution < 1.29 is 28.9 Å². The van der Waals surface area contributed by atoms with E-state index in [9.17, 15) is 14.0 Å². The number of aromatic nitrogens is 1. The summed E-state index contributed by atoms with van der Waals surface area (Å²) in [5.74, 6) is -2.09. The highest BCUT2D eigenvalue weighted by Crippen LogP contribution is 2.28. The molecule has 0 aliphatic rings. The number of halogens is 1. The molecule has 0 fully saturated rings. The summed E-state index contributed by atoms with van der Waals surface area (Å²) in [6, 6.07) is 4.65. The maximum Gasteiger partial charge on any atom is 0.328 e. The van der Waals surface area contributed by atoms with Gasteiger partial charge in [0.1, 0.15) is 11.6 Å². The molecule has 0 spiro atoms. The van der Waals surface area contributed by atoms with Crippen molar-refractivity contribution in [2.45, 2.75) is 6.54 Å². The van der Waals surface area contributed by atoms with Crippen LogP contribution >= 0.6 is 0 Å². The lowest BCUT2D eigenvalue weighted by Gasteiger charge is -2.01. The zero-order valence-corrected chi connectivity index (χ0v) is 12.4. The van der Waals surface area contributed by atoms with Crippen molar-refractivity contribution in [3.8, 4) is 5.75 Å². The fourth-order valence-electron chi connectivity index (χ4n) is 1.87. The Morgan fingerprint density at radius 2 is 1.91 bits per heavy atom. The fourth-order valence-corrected chi connectivity index (χ4v) is 1.87. The molecule has 1 aromatic heterocycles. The number of benzene rings is 1. The molecule has 0 atom stereocenters. The van der Waals surface area contributed by atoms with Gasteiger partial charge in [0.2, 0.25) is 0 Å².